The molecule has 98 valence electrons. The van der Waals surface area contributed by atoms with Gasteiger partial charge in [0, 0.05) is 25.2 Å². The molecule has 0 spiro atoms. The summed E-state index contributed by atoms with van der Waals surface area (Å²) in [7, 11) is 0. The van der Waals surface area contributed by atoms with Gasteiger partial charge in [0.25, 0.3) is 0 Å². The maximum Gasteiger partial charge on any atom is 0.00966 e. The van der Waals surface area contributed by atoms with Crippen LogP contribution in [0, 0.1) is 11.8 Å². The zero-order valence-electron chi connectivity index (χ0n) is 11.3. The molecule has 3 rings (SSSR count). The molecule has 2 unspecified atom stereocenters. The number of fused-ring (bicyclic) bond motifs is 1. The van der Waals surface area contributed by atoms with Crippen molar-refractivity contribution in [2.45, 2.75) is 64.0 Å². The van der Waals surface area contributed by atoms with Crippen LogP contribution >= 0.6 is 0 Å². The van der Waals surface area contributed by atoms with Gasteiger partial charge in [-0.25, -0.2) is 0 Å². The van der Waals surface area contributed by atoms with Crippen molar-refractivity contribution in [3.8, 4) is 0 Å². The highest BCUT2D eigenvalue weighted by Crippen LogP contribution is 2.40. The van der Waals surface area contributed by atoms with Gasteiger partial charge in [-0.2, -0.15) is 0 Å². The van der Waals surface area contributed by atoms with Crippen LogP contribution in [0.4, 0.5) is 0 Å². The Morgan fingerprint density at radius 1 is 0.941 bits per heavy atom. The normalized spacial score (nSPS) is 42.9. The zero-order valence-corrected chi connectivity index (χ0v) is 11.3. The molecule has 1 saturated heterocycles. The Balaban J connectivity index is 1.47. The molecule has 2 aliphatic carbocycles. The third-order valence-electron chi connectivity index (χ3n) is 5.46. The summed E-state index contributed by atoms with van der Waals surface area (Å²) in [6, 6.07) is 1.74. The summed E-state index contributed by atoms with van der Waals surface area (Å²) in [6.45, 7) is 6.24. The Labute approximate surface area is 106 Å². The Morgan fingerprint density at radius 2 is 1.59 bits per heavy atom. The van der Waals surface area contributed by atoms with E-state index >= 15 is 0 Å². The third kappa shape index (κ3) is 2.53. The maximum atomic E-state index is 3.62. The highest BCUT2D eigenvalue weighted by Gasteiger charge is 2.39. The smallest absolute Gasteiger partial charge is 0.00966 e. The van der Waals surface area contributed by atoms with Crippen LogP contribution in [0.1, 0.15) is 51.9 Å². The van der Waals surface area contributed by atoms with Crippen LogP contribution < -0.4 is 5.32 Å². The molecule has 0 aromatic heterocycles. The van der Waals surface area contributed by atoms with Gasteiger partial charge in [0.1, 0.15) is 0 Å². The molecule has 1 heterocycles. The van der Waals surface area contributed by atoms with E-state index in [9.17, 15) is 0 Å². The van der Waals surface area contributed by atoms with E-state index < -0.39 is 0 Å². The number of nitrogens with zero attached hydrogens (tertiary/aromatic N) is 1. The number of hydrogen-bond acceptors (Lipinski definition) is 2. The van der Waals surface area contributed by atoms with Gasteiger partial charge < -0.3 is 5.32 Å². The summed E-state index contributed by atoms with van der Waals surface area (Å²) in [5.74, 6) is 2.14. The highest BCUT2D eigenvalue weighted by molar-refractivity contribution is 4.93. The van der Waals surface area contributed by atoms with E-state index in [2.05, 4.69) is 17.1 Å². The first-order valence-electron chi connectivity index (χ1n) is 7.84. The molecular weight excluding hydrogens is 208 g/mol. The van der Waals surface area contributed by atoms with Crippen LogP contribution in [-0.2, 0) is 0 Å². The summed E-state index contributed by atoms with van der Waals surface area (Å²) >= 11 is 0. The molecular formula is C15H28N2. The van der Waals surface area contributed by atoms with Gasteiger partial charge in [-0.15, -0.1) is 0 Å². The standard InChI is InChI=1S/C15H28N2/c1-2-16-14-6-8-15(9-7-14)17-10-12-4-3-5-13(12)11-17/h12-16H,2-11H2,1H3. The molecule has 2 heteroatoms. The number of likely N-dealkylation sites (tertiary alicyclic amines) is 1. The van der Waals surface area contributed by atoms with Crippen molar-refractivity contribution in [1.29, 1.82) is 0 Å². The molecule has 1 aliphatic heterocycles. The molecule has 0 aromatic carbocycles. The SMILES string of the molecule is CCNC1CCC(N2CC3CCCC3C2)CC1. The minimum absolute atomic E-state index is 0.818. The second kappa shape index (κ2) is 5.27. The average Bonchev–Trinajstić information content (AvgIpc) is 2.90. The third-order valence-corrected chi connectivity index (χ3v) is 5.46. The molecule has 3 fully saturated rings. The minimum Gasteiger partial charge on any atom is -0.314 e. The molecule has 0 amide bonds. The van der Waals surface area contributed by atoms with Gasteiger partial charge in [-0.05, 0) is 56.9 Å². The lowest BCUT2D eigenvalue weighted by Crippen LogP contribution is -2.41. The van der Waals surface area contributed by atoms with E-state index in [4.69, 9.17) is 0 Å². The molecule has 2 saturated carbocycles. The predicted molar refractivity (Wildman–Crippen MR) is 72.1 cm³/mol. The van der Waals surface area contributed by atoms with Crippen LogP contribution in [0.2, 0.25) is 0 Å². The molecule has 1 N–H and O–H groups in total. The van der Waals surface area contributed by atoms with E-state index in [1.165, 1.54) is 58.0 Å². The van der Waals surface area contributed by atoms with Crippen molar-refractivity contribution >= 4 is 0 Å². The molecule has 0 radical (unpaired) electrons. The largest absolute Gasteiger partial charge is 0.314 e. The van der Waals surface area contributed by atoms with E-state index in [0.717, 1.165) is 30.5 Å². The van der Waals surface area contributed by atoms with Gasteiger partial charge in [-0.3, -0.25) is 4.90 Å². The second-order valence-electron chi connectivity index (χ2n) is 6.47. The second-order valence-corrected chi connectivity index (χ2v) is 6.47. The number of rotatable bonds is 3. The van der Waals surface area contributed by atoms with Gasteiger partial charge in [-0.1, -0.05) is 13.3 Å². The topological polar surface area (TPSA) is 15.3 Å². The maximum absolute atomic E-state index is 3.62. The summed E-state index contributed by atoms with van der Waals surface area (Å²) in [6.07, 6.45) is 10.3. The van der Waals surface area contributed by atoms with Gasteiger partial charge in [0.15, 0.2) is 0 Å². The summed E-state index contributed by atoms with van der Waals surface area (Å²) in [4.78, 5) is 2.84. The molecule has 3 aliphatic rings. The van der Waals surface area contributed by atoms with Crippen LogP contribution in [0.5, 0.6) is 0 Å². The molecule has 2 nitrogen and oxygen atoms in total. The van der Waals surface area contributed by atoms with Gasteiger partial charge in [0.05, 0.1) is 0 Å². The monoisotopic (exact) mass is 236 g/mol. The summed E-state index contributed by atoms with van der Waals surface area (Å²) in [5.41, 5.74) is 0. The first kappa shape index (κ1) is 12.0. The van der Waals surface area contributed by atoms with Crippen molar-refractivity contribution in [2.75, 3.05) is 19.6 Å². The fourth-order valence-electron chi connectivity index (χ4n) is 4.50. The molecule has 17 heavy (non-hydrogen) atoms. The van der Waals surface area contributed by atoms with E-state index in [1.54, 1.807) is 0 Å². The Bertz CT molecular complexity index is 233. The Hall–Kier alpha value is -0.0800. The van der Waals surface area contributed by atoms with E-state index in [1.807, 2.05) is 0 Å². The lowest BCUT2D eigenvalue weighted by Gasteiger charge is -2.35. The summed E-state index contributed by atoms with van der Waals surface area (Å²) in [5, 5.41) is 3.62. The Kier molecular flexibility index (Phi) is 3.72. The van der Waals surface area contributed by atoms with Crippen molar-refractivity contribution in [1.82, 2.24) is 10.2 Å². The van der Waals surface area contributed by atoms with Crippen LogP contribution in [0.3, 0.4) is 0 Å². The summed E-state index contributed by atoms with van der Waals surface area (Å²) < 4.78 is 0. The quantitative estimate of drug-likeness (QED) is 0.810. The molecule has 0 aromatic rings. The fraction of sp³-hybridized carbons (Fsp3) is 1.00. The minimum atomic E-state index is 0.818. The van der Waals surface area contributed by atoms with Crippen molar-refractivity contribution in [3.05, 3.63) is 0 Å². The molecule has 2 atom stereocenters. The lowest BCUT2D eigenvalue weighted by atomic mass is 9.90. The predicted octanol–water partition coefficient (Wildman–Crippen LogP) is 2.64. The van der Waals surface area contributed by atoms with Gasteiger partial charge in [0.2, 0.25) is 0 Å². The van der Waals surface area contributed by atoms with Gasteiger partial charge >= 0.3 is 0 Å². The van der Waals surface area contributed by atoms with E-state index in [0.29, 0.717) is 0 Å². The lowest BCUT2D eigenvalue weighted by molar-refractivity contribution is 0.163. The first-order chi connectivity index (χ1) is 8.36. The average molecular weight is 236 g/mol. The van der Waals surface area contributed by atoms with Crippen LogP contribution in [0.15, 0.2) is 0 Å². The highest BCUT2D eigenvalue weighted by atomic mass is 15.2. The zero-order chi connectivity index (χ0) is 11.7. The van der Waals surface area contributed by atoms with Crippen LogP contribution in [0.25, 0.3) is 0 Å². The van der Waals surface area contributed by atoms with Crippen molar-refractivity contribution in [2.24, 2.45) is 11.8 Å². The van der Waals surface area contributed by atoms with Crippen LogP contribution in [-0.4, -0.2) is 36.6 Å². The van der Waals surface area contributed by atoms with Crippen molar-refractivity contribution in [3.63, 3.8) is 0 Å². The number of nitrogens with one attached hydrogen (secondary N) is 1. The van der Waals surface area contributed by atoms with Crippen molar-refractivity contribution < 1.29 is 0 Å². The first-order valence-corrected chi connectivity index (χ1v) is 7.84. The fourth-order valence-corrected chi connectivity index (χ4v) is 4.50. The van der Waals surface area contributed by atoms with E-state index in [-0.39, 0.29) is 0 Å². The number of hydrogen-bond donors (Lipinski definition) is 1. The Morgan fingerprint density at radius 3 is 2.18 bits per heavy atom. The molecule has 0 bridgehead atoms.